The first kappa shape index (κ1) is 14.0. The first-order chi connectivity index (χ1) is 7.83. The predicted octanol–water partition coefficient (Wildman–Crippen LogP) is 1.92. The summed E-state index contributed by atoms with van der Waals surface area (Å²) >= 11 is 3.32. The lowest BCUT2D eigenvalue weighted by molar-refractivity contribution is 0.0943. The minimum Gasteiger partial charge on any atom is -0.496 e. The highest BCUT2D eigenvalue weighted by atomic mass is 79.9. The van der Waals surface area contributed by atoms with Gasteiger partial charge in [-0.05, 0) is 32.0 Å². The van der Waals surface area contributed by atoms with Crippen molar-refractivity contribution in [2.45, 2.75) is 19.4 Å². The molecule has 4 nitrogen and oxygen atoms in total. The third-order valence-corrected chi connectivity index (χ3v) is 2.60. The number of hydrogen-bond donors (Lipinski definition) is 2. The van der Waals surface area contributed by atoms with Gasteiger partial charge in [-0.25, -0.2) is 0 Å². The van der Waals surface area contributed by atoms with Crippen molar-refractivity contribution in [3.8, 4) is 5.75 Å². The Bertz CT molecular complexity index is 413. The van der Waals surface area contributed by atoms with Gasteiger partial charge in [-0.3, -0.25) is 4.79 Å². The molecule has 0 radical (unpaired) electrons. The molecular weight excluding hydrogens is 284 g/mol. The molecule has 1 aromatic rings. The van der Waals surface area contributed by atoms with Crippen molar-refractivity contribution in [3.63, 3.8) is 0 Å². The van der Waals surface area contributed by atoms with Crippen LogP contribution in [0.1, 0.15) is 24.2 Å². The molecule has 0 atom stereocenters. The van der Waals surface area contributed by atoms with Crippen molar-refractivity contribution in [1.82, 2.24) is 5.32 Å². The van der Waals surface area contributed by atoms with Crippen LogP contribution in [0.3, 0.4) is 0 Å². The SMILES string of the molecule is COc1ccc(Br)cc1C(=O)NCC(C)(C)N. The minimum atomic E-state index is -0.436. The molecule has 1 rings (SSSR count). The zero-order valence-corrected chi connectivity index (χ0v) is 11.8. The topological polar surface area (TPSA) is 64.3 Å². The first-order valence-corrected chi connectivity index (χ1v) is 6.03. The fourth-order valence-corrected chi connectivity index (χ4v) is 1.62. The van der Waals surface area contributed by atoms with Gasteiger partial charge in [0.2, 0.25) is 0 Å². The van der Waals surface area contributed by atoms with Crippen molar-refractivity contribution in [2.24, 2.45) is 5.73 Å². The van der Waals surface area contributed by atoms with E-state index in [1.165, 1.54) is 7.11 Å². The summed E-state index contributed by atoms with van der Waals surface area (Å²) in [5.74, 6) is 0.349. The Balaban J connectivity index is 2.84. The van der Waals surface area contributed by atoms with Crippen molar-refractivity contribution < 1.29 is 9.53 Å². The van der Waals surface area contributed by atoms with E-state index in [-0.39, 0.29) is 5.91 Å². The van der Waals surface area contributed by atoms with Gasteiger partial charge in [0.15, 0.2) is 0 Å². The van der Waals surface area contributed by atoms with Crippen LogP contribution >= 0.6 is 15.9 Å². The quantitative estimate of drug-likeness (QED) is 0.893. The second-order valence-electron chi connectivity index (χ2n) is 4.52. The Hall–Kier alpha value is -1.07. The standard InChI is InChI=1S/C12H17BrN2O2/c1-12(2,14)7-15-11(16)9-6-8(13)4-5-10(9)17-3/h4-6H,7,14H2,1-3H3,(H,15,16). The normalized spacial score (nSPS) is 11.1. The molecule has 0 spiro atoms. The Labute approximate surface area is 110 Å². The zero-order chi connectivity index (χ0) is 13.1. The van der Waals surface area contributed by atoms with Gasteiger partial charge in [-0.1, -0.05) is 15.9 Å². The van der Waals surface area contributed by atoms with Crippen molar-refractivity contribution in [2.75, 3.05) is 13.7 Å². The summed E-state index contributed by atoms with van der Waals surface area (Å²) in [6, 6.07) is 5.28. The number of carbonyl (C=O) groups is 1. The number of hydrogen-bond acceptors (Lipinski definition) is 3. The van der Waals surface area contributed by atoms with Gasteiger partial charge < -0.3 is 15.8 Å². The molecule has 0 saturated carbocycles. The molecule has 1 amide bonds. The van der Waals surface area contributed by atoms with Gasteiger partial charge in [0, 0.05) is 16.6 Å². The maximum absolute atomic E-state index is 12.0. The van der Waals surface area contributed by atoms with E-state index in [0.717, 1.165) is 4.47 Å². The van der Waals surface area contributed by atoms with Crippen molar-refractivity contribution in [1.29, 1.82) is 0 Å². The van der Waals surface area contributed by atoms with Crippen LogP contribution in [0.4, 0.5) is 0 Å². The average Bonchev–Trinajstić information content (AvgIpc) is 2.25. The maximum atomic E-state index is 12.0. The van der Waals surface area contributed by atoms with E-state index in [9.17, 15) is 4.79 Å². The molecule has 17 heavy (non-hydrogen) atoms. The lowest BCUT2D eigenvalue weighted by Gasteiger charge is -2.19. The van der Waals surface area contributed by atoms with Gasteiger partial charge in [0.1, 0.15) is 5.75 Å². The van der Waals surface area contributed by atoms with Crippen LogP contribution in [0, 0.1) is 0 Å². The van der Waals surface area contributed by atoms with Crippen LogP contribution in [0.15, 0.2) is 22.7 Å². The van der Waals surface area contributed by atoms with Crippen LogP contribution in [-0.4, -0.2) is 25.1 Å². The molecule has 0 fully saturated rings. The summed E-state index contributed by atoms with van der Waals surface area (Å²) in [5.41, 5.74) is 5.86. The summed E-state index contributed by atoms with van der Waals surface area (Å²) < 4.78 is 5.97. The van der Waals surface area contributed by atoms with E-state index < -0.39 is 5.54 Å². The first-order valence-electron chi connectivity index (χ1n) is 5.24. The van der Waals surface area contributed by atoms with Crippen LogP contribution in [0.5, 0.6) is 5.75 Å². The largest absolute Gasteiger partial charge is 0.496 e. The van der Waals surface area contributed by atoms with Gasteiger partial charge in [0.25, 0.3) is 5.91 Å². The Kier molecular flexibility index (Phi) is 4.54. The highest BCUT2D eigenvalue weighted by Gasteiger charge is 2.16. The summed E-state index contributed by atoms with van der Waals surface area (Å²) in [5, 5.41) is 2.78. The fourth-order valence-electron chi connectivity index (χ4n) is 1.26. The summed E-state index contributed by atoms with van der Waals surface area (Å²) in [6.45, 7) is 4.11. The molecule has 0 saturated heterocycles. The molecule has 0 unspecified atom stereocenters. The Morgan fingerprint density at radius 2 is 2.18 bits per heavy atom. The monoisotopic (exact) mass is 300 g/mol. The molecule has 0 aliphatic rings. The predicted molar refractivity (Wildman–Crippen MR) is 71.3 cm³/mol. The molecule has 0 aliphatic carbocycles. The van der Waals surface area contributed by atoms with Gasteiger partial charge in [0.05, 0.1) is 12.7 Å². The molecule has 0 aromatic heterocycles. The number of ether oxygens (including phenoxy) is 1. The van der Waals surface area contributed by atoms with Crippen LogP contribution < -0.4 is 15.8 Å². The maximum Gasteiger partial charge on any atom is 0.255 e. The van der Waals surface area contributed by atoms with Crippen LogP contribution in [0.25, 0.3) is 0 Å². The van der Waals surface area contributed by atoms with E-state index in [2.05, 4.69) is 21.2 Å². The number of methoxy groups -OCH3 is 1. The third-order valence-electron chi connectivity index (χ3n) is 2.11. The van der Waals surface area contributed by atoms with E-state index in [4.69, 9.17) is 10.5 Å². The Morgan fingerprint density at radius 1 is 1.53 bits per heavy atom. The molecule has 0 heterocycles. The number of nitrogens with two attached hydrogens (primary N) is 1. The molecule has 5 heteroatoms. The second-order valence-corrected chi connectivity index (χ2v) is 5.43. The van der Waals surface area contributed by atoms with Crippen molar-refractivity contribution >= 4 is 21.8 Å². The molecule has 3 N–H and O–H groups in total. The van der Waals surface area contributed by atoms with Crippen molar-refractivity contribution in [3.05, 3.63) is 28.2 Å². The zero-order valence-electron chi connectivity index (χ0n) is 10.2. The van der Waals surface area contributed by atoms with Crippen LogP contribution in [0.2, 0.25) is 0 Å². The number of halogens is 1. The lowest BCUT2D eigenvalue weighted by Crippen LogP contribution is -2.45. The number of nitrogens with one attached hydrogen (secondary N) is 1. The smallest absolute Gasteiger partial charge is 0.255 e. The number of amides is 1. The van der Waals surface area contributed by atoms with E-state index in [1.54, 1.807) is 12.1 Å². The van der Waals surface area contributed by atoms with E-state index in [1.807, 2.05) is 19.9 Å². The van der Waals surface area contributed by atoms with Gasteiger partial charge in [-0.15, -0.1) is 0 Å². The summed E-state index contributed by atoms with van der Waals surface area (Å²) in [7, 11) is 1.53. The molecule has 94 valence electrons. The Morgan fingerprint density at radius 3 is 2.71 bits per heavy atom. The number of carbonyl (C=O) groups excluding carboxylic acids is 1. The lowest BCUT2D eigenvalue weighted by atomic mass is 10.1. The van der Waals surface area contributed by atoms with Crippen LogP contribution in [-0.2, 0) is 0 Å². The second kappa shape index (κ2) is 5.51. The van der Waals surface area contributed by atoms with Gasteiger partial charge >= 0.3 is 0 Å². The minimum absolute atomic E-state index is 0.193. The summed E-state index contributed by atoms with van der Waals surface area (Å²) in [6.07, 6.45) is 0. The third kappa shape index (κ3) is 4.36. The molecule has 0 aliphatic heterocycles. The van der Waals surface area contributed by atoms with E-state index >= 15 is 0 Å². The highest BCUT2D eigenvalue weighted by Crippen LogP contribution is 2.22. The molecule has 0 bridgehead atoms. The highest BCUT2D eigenvalue weighted by molar-refractivity contribution is 9.10. The van der Waals surface area contributed by atoms with E-state index in [0.29, 0.717) is 17.9 Å². The van der Waals surface area contributed by atoms with Gasteiger partial charge in [-0.2, -0.15) is 0 Å². The summed E-state index contributed by atoms with van der Waals surface area (Å²) in [4.78, 5) is 12.0. The molecular formula is C12H17BrN2O2. The fraction of sp³-hybridized carbons (Fsp3) is 0.417. The average molecular weight is 301 g/mol. The molecule has 1 aromatic carbocycles. The number of rotatable bonds is 4. The number of benzene rings is 1.